The minimum absolute atomic E-state index is 0.132. The van der Waals surface area contributed by atoms with Crippen LogP contribution in [0.4, 0.5) is 0 Å². The highest BCUT2D eigenvalue weighted by atomic mass is 16.3. The first-order valence-electron chi connectivity index (χ1n) is 9.06. The maximum absolute atomic E-state index is 12.0. The van der Waals surface area contributed by atoms with Crippen molar-refractivity contribution < 1.29 is 9.90 Å². The topological polar surface area (TPSA) is 54.6 Å². The molecule has 4 heteroatoms. The van der Waals surface area contributed by atoms with Gasteiger partial charge in [-0.15, -0.1) is 0 Å². The molecule has 24 heavy (non-hydrogen) atoms. The zero-order valence-corrected chi connectivity index (χ0v) is 15.0. The van der Waals surface area contributed by atoms with E-state index < -0.39 is 5.60 Å². The number of fused-ring (bicyclic) bond motifs is 1. The molecule has 0 aromatic carbocycles. The SMILES string of the molecule is Cc1cccn2nc(CCCC(=O)CC(C)(C)O)c(C3CCC3)c12. The quantitative estimate of drug-likeness (QED) is 0.837. The van der Waals surface area contributed by atoms with Gasteiger partial charge in [0, 0.05) is 24.6 Å². The Balaban J connectivity index is 1.75. The fourth-order valence-corrected chi connectivity index (χ4v) is 3.68. The largest absolute Gasteiger partial charge is 0.390 e. The summed E-state index contributed by atoms with van der Waals surface area (Å²) in [4.78, 5) is 12.0. The Kier molecular flexibility index (Phi) is 4.77. The number of Topliss-reactive ketones (excluding diaryl/α,β-unsaturated/α-hetero) is 1. The van der Waals surface area contributed by atoms with Gasteiger partial charge in [0.15, 0.2) is 0 Å². The lowest BCUT2D eigenvalue weighted by Gasteiger charge is -2.26. The summed E-state index contributed by atoms with van der Waals surface area (Å²) >= 11 is 0. The van der Waals surface area contributed by atoms with Gasteiger partial charge in [0.05, 0.1) is 16.8 Å². The second-order valence-electron chi connectivity index (χ2n) is 7.85. The van der Waals surface area contributed by atoms with Crippen molar-refractivity contribution >= 4 is 11.3 Å². The summed E-state index contributed by atoms with van der Waals surface area (Å²) in [6.07, 6.45) is 8.21. The molecule has 1 saturated carbocycles. The molecule has 2 aromatic heterocycles. The molecule has 0 aliphatic heterocycles. The van der Waals surface area contributed by atoms with Crippen LogP contribution in [0.15, 0.2) is 18.3 Å². The van der Waals surface area contributed by atoms with Gasteiger partial charge in [-0.3, -0.25) is 4.79 Å². The van der Waals surface area contributed by atoms with Gasteiger partial charge >= 0.3 is 0 Å². The van der Waals surface area contributed by atoms with Crippen LogP contribution in [-0.4, -0.2) is 26.1 Å². The molecular weight excluding hydrogens is 300 g/mol. The molecule has 0 unspecified atom stereocenters. The van der Waals surface area contributed by atoms with Gasteiger partial charge in [-0.25, -0.2) is 4.52 Å². The van der Waals surface area contributed by atoms with E-state index >= 15 is 0 Å². The van der Waals surface area contributed by atoms with E-state index in [2.05, 4.69) is 13.0 Å². The average Bonchev–Trinajstić information content (AvgIpc) is 2.75. The number of nitrogens with zero attached hydrogens (tertiary/aromatic N) is 2. The van der Waals surface area contributed by atoms with Crippen molar-refractivity contribution in [2.45, 2.75) is 77.2 Å². The van der Waals surface area contributed by atoms with E-state index in [-0.39, 0.29) is 12.2 Å². The number of ketones is 1. The predicted molar refractivity (Wildman–Crippen MR) is 95.4 cm³/mol. The van der Waals surface area contributed by atoms with E-state index in [9.17, 15) is 9.90 Å². The second-order valence-corrected chi connectivity index (χ2v) is 7.85. The molecule has 1 N–H and O–H groups in total. The predicted octanol–water partition coefficient (Wildman–Crippen LogP) is 3.96. The minimum Gasteiger partial charge on any atom is -0.390 e. The van der Waals surface area contributed by atoms with Crippen LogP contribution in [0.3, 0.4) is 0 Å². The molecule has 3 rings (SSSR count). The number of aromatic nitrogens is 2. The number of aliphatic hydroxyl groups is 1. The highest BCUT2D eigenvalue weighted by Crippen LogP contribution is 2.41. The van der Waals surface area contributed by atoms with Crippen molar-refractivity contribution in [3.8, 4) is 0 Å². The van der Waals surface area contributed by atoms with E-state index in [1.807, 2.05) is 16.8 Å². The fraction of sp³-hybridized carbons (Fsp3) is 0.600. The van der Waals surface area contributed by atoms with Crippen LogP contribution in [0.25, 0.3) is 5.52 Å². The van der Waals surface area contributed by atoms with Crippen molar-refractivity contribution in [2.24, 2.45) is 0 Å². The summed E-state index contributed by atoms with van der Waals surface area (Å²) in [5.41, 5.74) is 4.20. The first-order chi connectivity index (χ1) is 11.3. The number of hydrogen-bond acceptors (Lipinski definition) is 3. The van der Waals surface area contributed by atoms with Crippen LogP contribution in [-0.2, 0) is 11.2 Å². The van der Waals surface area contributed by atoms with Crippen molar-refractivity contribution in [3.05, 3.63) is 35.2 Å². The first-order valence-corrected chi connectivity index (χ1v) is 9.06. The van der Waals surface area contributed by atoms with E-state index in [1.54, 1.807) is 13.8 Å². The lowest BCUT2D eigenvalue weighted by molar-refractivity contribution is -0.122. The van der Waals surface area contributed by atoms with Crippen LogP contribution in [0.5, 0.6) is 0 Å². The van der Waals surface area contributed by atoms with E-state index in [0.717, 1.165) is 18.5 Å². The summed E-state index contributed by atoms with van der Waals surface area (Å²) in [7, 11) is 0. The normalized spacial score (nSPS) is 15.7. The number of carbonyl (C=O) groups excluding carboxylic acids is 1. The number of rotatable bonds is 7. The van der Waals surface area contributed by atoms with Crippen LogP contribution in [0.2, 0.25) is 0 Å². The van der Waals surface area contributed by atoms with Gasteiger partial charge in [-0.2, -0.15) is 5.10 Å². The Morgan fingerprint density at radius 1 is 1.42 bits per heavy atom. The number of aryl methyl sites for hydroxylation is 2. The Morgan fingerprint density at radius 3 is 2.79 bits per heavy atom. The zero-order chi connectivity index (χ0) is 17.3. The Labute approximate surface area is 143 Å². The van der Waals surface area contributed by atoms with Crippen molar-refractivity contribution in [2.75, 3.05) is 0 Å². The van der Waals surface area contributed by atoms with Crippen molar-refractivity contribution in [3.63, 3.8) is 0 Å². The van der Waals surface area contributed by atoms with Crippen LogP contribution < -0.4 is 0 Å². The van der Waals surface area contributed by atoms with Gasteiger partial charge < -0.3 is 5.11 Å². The Hall–Kier alpha value is -1.68. The molecule has 1 aliphatic carbocycles. The lowest BCUT2D eigenvalue weighted by Crippen LogP contribution is -2.23. The summed E-state index contributed by atoms with van der Waals surface area (Å²) in [6, 6.07) is 4.19. The minimum atomic E-state index is -0.908. The average molecular weight is 328 g/mol. The maximum Gasteiger partial charge on any atom is 0.135 e. The molecule has 0 atom stereocenters. The molecule has 4 nitrogen and oxygen atoms in total. The van der Waals surface area contributed by atoms with Crippen LogP contribution in [0, 0.1) is 6.92 Å². The maximum atomic E-state index is 12.0. The third kappa shape index (κ3) is 3.69. The van der Waals surface area contributed by atoms with Gasteiger partial charge in [0.25, 0.3) is 0 Å². The Morgan fingerprint density at radius 2 is 2.17 bits per heavy atom. The monoisotopic (exact) mass is 328 g/mol. The molecule has 0 spiro atoms. The highest BCUT2D eigenvalue weighted by Gasteiger charge is 2.27. The molecule has 2 aromatic rings. The van der Waals surface area contributed by atoms with E-state index in [4.69, 9.17) is 5.10 Å². The fourth-order valence-electron chi connectivity index (χ4n) is 3.68. The molecule has 2 heterocycles. The van der Waals surface area contributed by atoms with E-state index in [0.29, 0.717) is 12.3 Å². The highest BCUT2D eigenvalue weighted by molar-refractivity contribution is 5.79. The molecule has 0 saturated heterocycles. The third-order valence-corrected chi connectivity index (χ3v) is 4.98. The summed E-state index contributed by atoms with van der Waals surface area (Å²) in [5, 5.41) is 14.6. The van der Waals surface area contributed by atoms with Gasteiger partial charge in [-0.05, 0) is 64.0 Å². The first kappa shape index (κ1) is 17.2. The van der Waals surface area contributed by atoms with Crippen molar-refractivity contribution in [1.82, 2.24) is 9.61 Å². The summed E-state index contributed by atoms with van der Waals surface area (Å²) in [6.45, 7) is 5.52. The lowest BCUT2D eigenvalue weighted by atomic mass is 9.78. The molecule has 0 amide bonds. The molecule has 130 valence electrons. The number of pyridine rings is 1. The number of carbonyl (C=O) groups is 1. The Bertz CT molecular complexity index is 736. The van der Waals surface area contributed by atoms with Gasteiger partial charge in [-0.1, -0.05) is 12.5 Å². The zero-order valence-electron chi connectivity index (χ0n) is 15.0. The van der Waals surface area contributed by atoms with Gasteiger partial charge in [0.1, 0.15) is 5.78 Å². The van der Waals surface area contributed by atoms with Crippen LogP contribution >= 0.6 is 0 Å². The smallest absolute Gasteiger partial charge is 0.135 e. The molecule has 0 bridgehead atoms. The molecule has 0 radical (unpaired) electrons. The second kappa shape index (κ2) is 6.67. The molecular formula is C20H28N2O2. The summed E-state index contributed by atoms with van der Waals surface area (Å²) < 4.78 is 2.01. The van der Waals surface area contributed by atoms with E-state index in [1.165, 1.54) is 35.9 Å². The molecule has 1 fully saturated rings. The van der Waals surface area contributed by atoms with Crippen molar-refractivity contribution in [1.29, 1.82) is 0 Å². The van der Waals surface area contributed by atoms with Crippen LogP contribution in [0.1, 0.15) is 75.1 Å². The third-order valence-electron chi connectivity index (χ3n) is 4.98. The van der Waals surface area contributed by atoms with Gasteiger partial charge in [0.2, 0.25) is 0 Å². The molecule has 1 aliphatic rings. The number of hydrogen-bond donors (Lipinski definition) is 1. The standard InChI is InChI=1S/C20H28N2O2/c1-14-7-6-12-22-19(14)18(15-8-4-9-15)17(21-22)11-5-10-16(23)13-20(2,3)24/h6-7,12,15,24H,4-5,8-11,13H2,1-3H3. The summed E-state index contributed by atoms with van der Waals surface area (Å²) in [5.74, 6) is 0.762.